The van der Waals surface area contributed by atoms with Crippen LogP contribution in [0.25, 0.3) is 0 Å². The van der Waals surface area contributed by atoms with Gasteiger partial charge in [0, 0.05) is 12.2 Å². The van der Waals surface area contributed by atoms with E-state index >= 15 is 0 Å². The van der Waals surface area contributed by atoms with E-state index in [0.29, 0.717) is 34.6 Å². The third kappa shape index (κ3) is 4.80. The van der Waals surface area contributed by atoms with E-state index in [4.69, 9.17) is 11.6 Å². The number of aryl methyl sites for hydroxylation is 1. The molecule has 1 heterocycles. The Balaban J connectivity index is 1.66. The fraction of sp³-hybridized carbons (Fsp3) is 0.150. The lowest BCUT2D eigenvalue weighted by molar-refractivity contribution is 0.0949. The third-order valence-electron chi connectivity index (χ3n) is 3.75. The normalized spacial score (nSPS) is 10.4. The van der Waals surface area contributed by atoms with Crippen LogP contribution in [0.4, 0.5) is 11.6 Å². The van der Waals surface area contributed by atoms with E-state index in [2.05, 4.69) is 20.6 Å². The largest absolute Gasteiger partial charge is 0.350 e. The molecule has 0 aliphatic heterocycles. The van der Waals surface area contributed by atoms with Crippen molar-refractivity contribution < 1.29 is 4.79 Å². The Labute approximate surface area is 157 Å². The van der Waals surface area contributed by atoms with Crippen molar-refractivity contribution in [2.75, 3.05) is 11.9 Å². The molecule has 3 aromatic rings. The number of nitrogens with zero attached hydrogens (tertiary/aromatic N) is 2. The van der Waals surface area contributed by atoms with Gasteiger partial charge in [-0.2, -0.15) is 0 Å². The van der Waals surface area contributed by atoms with Crippen LogP contribution >= 0.6 is 11.6 Å². The lowest BCUT2D eigenvalue weighted by Crippen LogP contribution is -2.27. The van der Waals surface area contributed by atoms with Crippen LogP contribution in [0, 0.1) is 6.92 Å². The van der Waals surface area contributed by atoms with Crippen LogP contribution in [0.5, 0.6) is 0 Å². The summed E-state index contributed by atoms with van der Waals surface area (Å²) in [5.41, 5.74) is 2.88. The van der Waals surface area contributed by atoms with Gasteiger partial charge in [0.25, 0.3) is 5.91 Å². The molecule has 1 aromatic heterocycles. The quantitative estimate of drug-likeness (QED) is 0.687. The average molecular weight is 367 g/mol. The van der Waals surface area contributed by atoms with Crippen molar-refractivity contribution in [3.63, 3.8) is 0 Å². The maximum absolute atomic E-state index is 12.4. The number of carbonyl (C=O) groups excluding carboxylic acids is 1. The Morgan fingerprint density at radius 1 is 1.04 bits per heavy atom. The van der Waals surface area contributed by atoms with Gasteiger partial charge >= 0.3 is 0 Å². The highest BCUT2D eigenvalue weighted by Gasteiger charge is 2.11. The van der Waals surface area contributed by atoms with E-state index in [0.717, 1.165) is 6.42 Å². The maximum Gasteiger partial charge on any atom is 0.270 e. The Hall–Kier alpha value is -2.92. The molecule has 0 saturated carbocycles. The number of para-hydroxylation sites is 1. The SMILES string of the molecule is Cc1cc(C(=O)NCCc2ccccc2)nc(Nc2ccccc2Cl)n1. The first-order chi connectivity index (χ1) is 12.6. The highest BCUT2D eigenvalue weighted by atomic mass is 35.5. The average Bonchev–Trinajstić information content (AvgIpc) is 2.64. The van der Waals surface area contributed by atoms with Gasteiger partial charge in [-0.1, -0.05) is 54.1 Å². The van der Waals surface area contributed by atoms with Crippen LogP contribution in [-0.4, -0.2) is 22.4 Å². The number of hydrogen-bond donors (Lipinski definition) is 2. The summed E-state index contributed by atoms with van der Waals surface area (Å²) >= 11 is 6.15. The molecule has 0 atom stereocenters. The molecule has 5 nitrogen and oxygen atoms in total. The van der Waals surface area contributed by atoms with E-state index in [9.17, 15) is 4.79 Å². The second-order valence-electron chi connectivity index (χ2n) is 5.81. The van der Waals surface area contributed by atoms with Crippen LogP contribution in [0.2, 0.25) is 5.02 Å². The molecule has 6 heteroatoms. The van der Waals surface area contributed by atoms with Crippen molar-refractivity contribution in [1.82, 2.24) is 15.3 Å². The summed E-state index contributed by atoms with van der Waals surface area (Å²) in [7, 11) is 0. The zero-order valence-corrected chi connectivity index (χ0v) is 15.1. The van der Waals surface area contributed by atoms with Gasteiger partial charge in [0.1, 0.15) is 5.69 Å². The number of anilines is 2. The first-order valence-electron chi connectivity index (χ1n) is 8.31. The molecule has 0 aliphatic carbocycles. The lowest BCUT2D eigenvalue weighted by Gasteiger charge is -2.10. The first kappa shape index (κ1) is 17.9. The van der Waals surface area contributed by atoms with Gasteiger partial charge in [0.2, 0.25) is 5.95 Å². The number of hydrogen-bond acceptors (Lipinski definition) is 4. The number of nitrogens with one attached hydrogen (secondary N) is 2. The van der Waals surface area contributed by atoms with E-state index < -0.39 is 0 Å². The first-order valence-corrected chi connectivity index (χ1v) is 8.69. The van der Waals surface area contributed by atoms with Crippen LogP contribution in [0.1, 0.15) is 21.7 Å². The molecular weight excluding hydrogens is 348 g/mol. The molecule has 132 valence electrons. The lowest BCUT2D eigenvalue weighted by atomic mass is 10.1. The smallest absolute Gasteiger partial charge is 0.270 e. The van der Waals surface area contributed by atoms with Gasteiger partial charge in [0.15, 0.2) is 0 Å². The zero-order chi connectivity index (χ0) is 18.4. The Morgan fingerprint density at radius 2 is 1.77 bits per heavy atom. The summed E-state index contributed by atoms with van der Waals surface area (Å²) < 4.78 is 0. The predicted octanol–water partition coefficient (Wildman–Crippen LogP) is 4.15. The number of rotatable bonds is 6. The molecule has 3 rings (SSSR count). The number of benzene rings is 2. The minimum absolute atomic E-state index is 0.228. The fourth-order valence-electron chi connectivity index (χ4n) is 2.48. The number of carbonyl (C=O) groups is 1. The van der Waals surface area contributed by atoms with E-state index in [1.165, 1.54) is 5.56 Å². The number of halogens is 1. The molecule has 0 saturated heterocycles. The van der Waals surface area contributed by atoms with Gasteiger partial charge in [-0.3, -0.25) is 4.79 Å². The van der Waals surface area contributed by atoms with Crippen molar-refractivity contribution in [3.05, 3.63) is 82.6 Å². The molecule has 0 spiro atoms. The Kier molecular flexibility index (Phi) is 5.81. The highest BCUT2D eigenvalue weighted by molar-refractivity contribution is 6.33. The molecule has 2 aromatic carbocycles. The summed E-state index contributed by atoms with van der Waals surface area (Å²) in [6.45, 7) is 2.36. The highest BCUT2D eigenvalue weighted by Crippen LogP contribution is 2.23. The fourth-order valence-corrected chi connectivity index (χ4v) is 2.66. The summed E-state index contributed by atoms with van der Waals surface area (Å²) in [6.07, 6.45) is 0.765. The van der Waals surface area contributed by atoms with Crippen LogP contribution in [0.3, 0.4) is 0 Å². The molecule has 2 N–H and O–H groups in total. The van der Waals surface area contributed by atoms with Crippen LogP contribution < -0.4 is 10.6 Å². The summed E-state index contributed by atoms with van der Waals surface area (Å²) in [5, 5.41) is 6.51. The molecule has 1 amide bonds. The molecule has 0 radical (unpaired) electrons. The van der Waals surface area contributed by atoms with E-state index in [1.54, 1.807) is 12.1 Å². The summed E-state index contributed by atoms with van der Waals surface area (Å²) in [6, 6.07) is 19.0. The van der Waals surface area contributed by atoms with Gasteiger partial charge in [-0.25, -0.2) is 9.97 Å². The maximum atomic E-state index is 12.4. The van der Waals surface area contributed by atoms with Crippen molar-refractivity contribution >= 4 is 29.1 Å². The van der Waals surface area contributed by atoms with Gasteiger partial charge in [-0.05, 0) is 37.1 Å². The van der Waals surface area contributed by atoms with Crippen molar-refractivity contribution in [3.8, 4) is 0 Å². The number of aromatic nitrogens is 2. The zero-order valence-electron chi connectivity index (χ0n) is 14.4. The standard InChI is InChI=1S/C20H19ClN4O/c1-14-13-18(19(26)22-12-11-15-7-3-2-4-8-15)25-20(23-14)24-17-10-6-5-9-16(17)21/h2-10,13H,11-12H2,1H3,(H,22,26)(H,23,24,25). The van der Waals surface area contributed by atoms with Crippen molar-refractivity contribution in [2.45, 2.75) is 13.3 Å². The van der Waals surface area contributed by atoms with E-state index in [1.807, 2.05) is 55.5 Å². The molecule has 0 fully saturated rings. The number of amides is 1. The molecule has 0 unspecified atom stereocenters. The Bertz CT molecular complexity index is 899. The monoisotopic (exact) mass is 366 g/mol. The van der Waals surface area contributed by atoms with Gasteiger partial charge < -0.3 is 10.6 Å². The second-order valence-corrected chi connectivity index (χ2v) is 6.22. The summed E-state index contributed by atoms with van der Waals surface area (Å²) in [4.78, 5) is 21.0. The van der Waals surface area contributed by atoms with Crippen LogP contribution in [0.15, 0.2) is 60.7 Å². The van der Waals surface area contributed by atoms with Gasteiger partial charge in [-0.15, -0.1) is 0 Å². The minimum atomic E-state index is -0.228. The van der Waals surface area contributed by atoms with Gasteiger partial charge in [0.05, 0.1) is 10.7 Å². The molecular formula is C20H19ClN4O. The van der Waals surface area contributed by atoms with Crippen molar-refractivity contribution in [1.29, 1.82) is 0 Å². The Morgan fingerprint density at radius 3 is 2.54 bits per heavy atom. The van der Waals surface area contributed by atoms with Crippen LogP contribution in [-0.2, 0) is 6.42 Å². The van der Waals surface area contributed by atoms with E-state index in [-0.39, 0.29) is 5.91 Å². The minimum Gasteiger partial charge on any atom is -0.350 e. The van der Waals surface area contributed by atoms with Crippen molar-refractivity contribution in [2.24, 2.45) is 0 Å². The molecule has 0 aliphatic rings. The molecule has 26 heavy (non-hydrogen) atoms. The third-order valence-corrected chi connectivity index (χ3v) is 4.08. The second kappa shape index (κ2) is 8.45. The topological polar surface area (TPSA) is 66.9 Å². The summed E-state index contributed by atoms with van der Waals surface area (Å²) in [5.74, 6) is 0.111. The molecule has 0 bridgehead atoms. The predicted molar refractivity (Wildman–Crippen MR) is 104 cm³/mol.